The molecule has 10 heteroatoms. The van der Waals surface area contributed by atoms with Gasteiger partial charge in [0.05, 0.1) is 24.7 Å². The summed E-state index contributed by atoms with van der Waals surface area (Å²) in [6.07, 6.45) is -0.755. The van der Waals surface area contributed by atoms with E-state index in [1.807, 2.05) is 0 Å². The zero-order chi connectivity index (χ0) is 22.3. The van der Waals surface area contributed by atoms with Crippen molar-refractivity contribution in [2.24, 2.45) is 0 Å². The summed E-state index contributed by atoms with van der Waals surface area (Å²) in [6, 6.07) is 11.6. The van der Waals surface area contributed by atoms with E-state index in [0.717, 1.165) is 0 Å². The molecular formula is C21H25FN2O6S. The van der Waals surface area contributed by atoms with Gasteiger partial charge in [0, 0.05) is 13.1 Å². The summed E-state index contributed by atoms with van der Waals surface area (Å²) in [7, 11) is -3.55. The van der Waals surface area contributed by atoms with E-state index in [-0.39, 0.29) is 29.8 Å². The van der Waals surface area contributed by atoms with Crippen LogP contribution in [0.5, 0.6) is 11.5 Å². The Labute approximate surface area is 181 Å². The first-order valence-corrected chi connectivity index (χ1v) is 11.3. The van der Waals surface area contributed by atoms with Crippen LogP contribution in [0.1, 0.15) is 6.92 Å². The number of benzene rings is 2. The lowest BCUT2D eigenvalue weighted by atomic mass is 10.3. The number of nitrogens with one attached hydrogen (secondary N) is 1. The average molecular weight is 453 g/mol. The van der Waals surface area contributed by atoms with Crippen molar-refractivity contribution in [2.45, 2.75) is 17.9 Å². The molecule has 1 fully saturated rings. The van der Waals surface area contributed by atoms with Crippen LogP contribution in [0.3, 0.4) is 0 Å². The third-order valence-electron chi connectivity index (χ3n) is 4.60. The predicted octanol–water partition coefficient (Wildman–Crippen LogP) is 1.81. The molecule has 1 amide bonds. The van der Waals surface area contributed by atoms with Crippen LogP contribution in [0, 0.1) is 5.82 Å². The molecule has 0 spiro atoms. The third-order valence-corrected chi connectivity index (χ3v) is 6.51. The lowest BCUT2D eigenvalue weighted by Crippen LogP contribution is -2.40. The van der Waals surface area contributed by atoms with Gasteiger partial charge in [0.2, 0.25) is 10.0 Å². The Morgan fingerprint density at radius 3 is 2.35 bits per heavy atom. The van der Waals surface area contributed by atoms with E-state index in [0.29, 0.717) is 37.8 Å². The summed E-state index contributed by atoms with van der Waals surface area (Å²) < 4.78 is 55.7. The van der Waals surface area contributed by atoms with Gasteiger partial charge in [-0.2, -0.15) is 4.31 Å². The van der Waals surface area contributed by atoms with E-state index < -0.39 is 16.1 Å². The zero-order valence-electron chi connectivity index (χ0n) is 17.1. The topological polar surface area (TPSA) is 94.2 Å². The van der Waals surface area contributed by atoms with Gasteiger partial charge in [-0.3, -0.25) is 4.79 Å². The number of ether oxygens (including phenoxy) is 3. The molecule has 168 valence electrons. The Morgan fingerprint density at radius 1 is 1.10 bits per heavy atom. The molecule has 8 nitrogen and oxygen atoms in total. The van der Waals surface area contributed by atoms with Crippen molar-refractivity contribution in [1.29, 1.82) is 0 Å². The summed E-state index contributed by atoms with van der Waals surface area (Å²) >= 11 is 0. The fraction of sp³-hybridized carbons (Fsp3) is 0.381. The molecule has 0 saturated carbocycles. The third kappa shape index (κ3) is 6.39. The smallest absolute Gasteiger partial charge is 0.260 e. The van der Waals surface area contributed by atoms with Crippen LogP contribution in [0.25, 0.3) is 0 Å². The molecule has 0 aliphatic carbocycles. The Bertz CT molecular complexity index is 960. The maximum absolute atomic E-state index is 12.9. The molecule has 0 aromatic heterocycles. The molecule has 0 bridgehead atoms. The van der Waals surface area contributed by atoms with Crippen molar-refractivity contribution in [2.75, 3.05) is 39.5 Å². The number of nitrogens with zero attached hydrogens (tertiary/aromatic N) is 1. The van der Waals surface area contributed by atoms with Gasteiger partial charge in [0.15, 0.2) is 6.10 Å². The Morgan fingerprint density at radius 2 is 1.71 bits per heavy atom. The molecule has 3 rings (SSSR count). The van der Waals surface area contributed by atoms with Crippen molar-refractivity contribution in [3.05, 3.63) is 54.3 Å². The number of morpholine rings is 1. The summed E-state index contributed by atoms with van der Waals surface area (Å²) in [4.78, 5) is 12.3. The number of sulfonamides is 1. The number of hydrogen-bond donors (Lipinski definition) is 1. The Balaban J connectivity index is 1.42. The largest absolute Gasteiger partial charge is 0.492 e. The van der Waals surface area contributed by atoms with E-state index in [4.69, 9.17) is 14.2 Å². The van der Waals surface area contributed by atoms with Gasteiger partial charge in [-0.25, -0.2) is 12.8 Å². The second-order valence-electron chi connectivity index (χ2n) is 6.84. The summed E-state index contributed by atoms with van der Waals surface area (Å²) in [6.45, 7) is 3.48. The van der Waals surface area contributed by atoms with Crippen molar-refractivity contribution in [3.63, 3.8) is 0 Å². The van der Waals surface area contributed by atoms with Crippen LogP contribution in [-0.4, -0.2) is 64.2 Å². The van der Waals surface area contributed by atoms with E-state index >= 15 is 0 Å². The highest BCUT2D eigenvalue weighted by Crippen LogP contribution is 2.20. The number of halogens is 1. The average Bonchev–Trinajstić information content (AvgIpc) is 2.79. The molecule has 1 heterocycles. The predicted molar refractivity (Wildman–Crippen MR) is 111 cm³/mol. The Hall–Kier alpha value is -2.69. The first kappa shape index (κ1) is 23.0. The molecule has 2 aromatic rings. The number of carbonyl (C=O) groups excluding carboxylic acids is 1. The minimum atomic E-state index is -3.55. The molecule has 1 N–H and O–H groups in total. The summed E-state index contributed by atoms with van der Waals surface area (Å²) in [5, 5.41) is 2.69. The molecule has 0 radical (unpaired) electrons. The van der Waals surface area contributed by atoms with E-state index in [1.165, 1.54) is 40.7 Å². The van der Waals surface area contributed by atoms with Gasteiger partial charge in [-0.15, -0.1) is 0 Å². The number of carbonyl (C=O) groups is 1. The van der Waals surface area contributed by atoms with Crippen LogP contribution in [0.15, 0.2) is 53.4 Å². The lowest BCUT2D eigenvalue weighted by molar-refractivity contribution is -0.127. The first-order chi connectivity index (χ1) is 14.9. The van der Waals surface area contributed by atoms with Gasteiger partial charge in [0.1, 0.15) is 23.9 Å². The fourth-order valence-corrected chi connectivity index (χ4v) is 4.31. The maximum Gasteiger partial charge on any atom is 0.260 e. The minimum Gasteiger partial charge on any atom is -0.492 e. The molecular weight excluding hydrogens is 427 g/mol. The van der Waals surface area contributed by atoms with Crippen LogP contribution in [0.4, 0.5) is 4.39 Å². The fourth-order valence-electron chi connectivity index (χ4n) is 2.90. The lowest BCUT2D eigenvalue weighted by Gasteiger charge is -2.26. The van der Waals surface area contributed by atoms with Crippen LogP contribution in [-0.2, 0) is 19.6 Å². The number of hydrogen-bond acceptors (Lipinski definition) is 6. The van der Waals surface area contributed by atoms with Gasteiger partial charge in [-0.1, -0.05) is 0 Å². The van der Waals surface area contributed by atoms with E-state index in [9.17, 15) is 17.6 Å². The van der Waals surface area contributed by atoms with Gasteiger partial charge < -0.3 is 19.5 Å². The number of rotatable bonds is 9. The van der Waals surface area contributed by atoms with Gasteiger partial charge in [0.25, 0.3) is 5.91 Å². The highest BCUT2D eigenvalue weighted by atomic mass is 32.2. The summed E-state index contributed by atoms with van der Waals surface area (Å²) in [5.74, 6) is 0.173. The highest BCUT2D eigenvalue weighted by Gasteiger charge is 2.26. The second kappa shape index (κ2) is 10.6. The molecule has 1 saturated heterocycles. The first-order valence-electron chi connectivity index (χ1n) is 9.87. The molecule has 1 unspecified atom stereocenters. The second-order valence-corrected chi connectivity index (χ2v) is 8.78. The molecule has 2 aromatic carbocycles. The SMILES string of the molecule is CC(Oc1ccc(F)cc1)C(=O)NCCOc1ccc(S(=O)(=O)N2CCOCC2)cc1. The quantitative estimate of drug-likeness (QED) is 0.584. The van der Waals surface area contributed by atoms with Crippen molar-refractivity contribution < 1.29 is 31.8 Å². The molecule has 1 atom stereocenters. The van der Waals surface area contributed by atoms with Gasteiger partial charge >= 0.3 is 0 Å². The van der Waals surface area contributed by atoms with Crippen molar-refractivity contribution in [3.8, 4) is 11.5 Å². The monoisotopic (exact) mass is 452 g/mol. The Kier molecular flexibility index (Phi) is 7.83. The normalized spacial score (nSPS) is 15.8. The molecule has 1 aliphatic heterocycles. The van der Waals surface area contributed by atoms with E-state index in [2.05, 4.69) is 5.32 Å². The zero-order valence-corrected chi connectivity index (χ0v) is 17.9. The van der Waals surface area contributed by atoms with Crippen LogP contribution >= 0.6 is 0 Å². The van der Waals surface area contributed by atoms with Crippen molar-refractivity contribution in [1.82, 2.24) is 9.62 Å². The van der Waals surface area contributed by atoms with Crippen molar-refractivity contribution >= 4 is 15.9 Å². The van der Waals surface area contributed by atoms with Crippen LogP contribution < -0.4 is 14.8 Å². The van der Waals surface area contributed by atoms with Crippen LogP contribution in [0.2, 0.25) is 0 Å². The summed E-state index contributed by atoms with van der Waals surface area (Å²) in [5.41, 5.74) is 0. The highest BCUT2D eigenvalue weighted by molar-refractivity contribution is 7.89. The molecule has 31 heavy (non-hydrogen) atoms. The van der Waals surface area contributed by atoms with E-state index in [1.54, 1.807) is 19.1 Å². The standard InChI is InChI=1S/C21H25FN2O6S/c1-16(30-19-4-2-17(22)3-5-19)21(25)23-10-13-29-18-6-8-20(9-7-18)31(26,27)24-11-14-28-15-12-24/h2-9,16H,10-15H2,1H3,(H,23,25). The van der Waals surface area contributed by atoms with Gasteiger partial charge in [-0.05, 0) is 55.5 Å². The molecule has 1 aliphatic rings. The number of amides is 1. The minimum absolute atomic E-state index is 0.196. The maximum atomic E-state index is 12.9.